The monoisotopic (exact) mass is 249 g/mol. The van der Waals surface area contributed by atoms with Crippen LogP contribution in [0.4, 0.5) is 0 Å². The van der Waals surface area contributed by atoms with E-state index in [1.165, 1.54) is 0 Å². The van der Waals surface area contributed by atoms with E-state index in [2.05, 4.69) is 0 Å². The molecule has 0 aliphatic carbocycles. The number of hydrogen-bond donors (Lipinski definition) is 1. The molecule has 1 amide bonds. The van der Waals surface area contributed by atoms with Gasteiger partial charge in [-0.1, -0.05) is 0 Å². The molecule has 94 valence electrons. The smallest absolute Gasteiger partial charge is 0.303 e. The van der Waals surface area contributed by atoms with Gasteiger partial charge in [0, 0.05) is 36.1 Å². The van der Waals surface area contributed by atoms with Crippen LogP contribution < -0.4 is 0 Å². The molecule has 0 rings (SSSR count). The van der Waals surface area contributed by atoms with Crippen LogP contribution in [0.15, 0.2) is 0 Å². The summed E-state index contributed by atoms with van der Waals surface area (Å²) in [6.07, 6.45) is 0.360. The van der Waals surface area contributed by atoms with Crippen molar-refractivity contribution in [1.82, 2.24) is 4.90 Å². The van der Waals surface area contributed by atoms with E-state index in [4.69, 9.17) is 5.11 Å². The third kappa shape index (κ3) is 6.55. The van der Waals surface area contributed by atoms with Crippen molar-refractivity contribution in [1.29, 1.82) is 0 Å². The van der Waals surface area contributed by atoms with Gasteiger partial charge in [-0.2, -0.15) is 0 Å². The van der Waals surface area contributed by atoms with Crippen LogP contribution in [-0.4, -0.2) is 50.7 Å². The minimum atomic E-state index is -1.24. The van der Waals surface area contributed by atoms with Gasteiger partial charge in [0.05, 0.1) is 0 Å². The lowest BCUT2D eigenvalue weighted by atomic mass is 10.3. The van der Waals surface area contributed by atoms with Crippen LogP contribution in [0.3, 0.4) is 0 Å². The van der Waals surface area contributed by atoms with Crippen molar-refractivity contribution in [2.75, 3.05) is 24.6 Å². The van der Waals surface area contributed by atoms with Crippen LogP contribution in [0.2, 0.25) is 0 Å². The van der Waals surface area contributed by atoms with Crippen LogP contribution in [0.1, 0.15) is 26.7 Å². The third-order valence-electron chi connectivity index (χ3n) is 2.16. The molecule has 0 heterocycles. The topological polar surface area (TPSA) is 74.7 Å². The zero-order chi connectivity index (χ0) is 12.6. The average Bonchev–Trinajstić information content (AvgIpc) is 2.18. The Morgan fingerprint density at radius 2 is 1.81 bits per heavy atom. The molecular formula is C10H19NO4S. The summed E-state index contributed by atoms with van der Waals surface area (Å²) >= 11 is 0. The van der Waals surface area contributed by atoms with E-state index in [9.17, 15) is 13.8 Å². The summed E-state index contributed by atoms with van der Waals surface area (Å²) in [6, 6.07) is 0. The zero-order valence-electron chi connectivity index (χ0n) is 9.77. The van der Waals surface area contributed by atoms with Crippen LogP contribution >= 0.6 is 0 Å². The Labute approximate surface area is 98.3 Å². The molecule has 0 saturated carbocycles. The summed E-state index contributed by atoms with van der Waals surface area (Å²) in [5.41, 5.74) is 0. The minimum Gasteiger partial charge on any atom is -0.481 e. The Kier molecular flexibility index (Phi) is 7.80. The largest absolute Gasteiger partial charge is 0.481 e. The number of carbonyl (C=O) groups excluding carboxylic acids is 1. The van der Waals surface area contributed by atoms with Gasteiger partial charge < -0.3 is 10.0 Å². The molecule has 0 fully saturated rings. The predicted molar refractivity (Wildman–Crippen MR) is 62.7 cm³/mol. The van der Waals surface area contributed by atoms with Crippen LogP contribution in [0, 0.1) is 0 Å². The fourth-order valence-electron chi connectivity index (χ4n) is 1.26. The molecule has 5 nitrogen and oxygen atoms in total. The Morgan fingerprint density at radius 3 is 2.25 bits per heavy atom. The summed E-state index contributed by atoms with van der Waals surface area (Å²) in [4.78, 5) is 23.4. The number of carboxylic acids is 1. The maximum absolute atomic E-state index is 11.5. The Bertz CT molecular complexity index is 264. The number of carboxylic acid groups (broad SMARTS) is 1. The van der Waals surface area contributed by atoms with Gasteiger partial charge in [0.1, 0.15) is 5.75 Å². The van der Waals surface area contributed by atoms with E-state index in [-0.39, 0.29) is 23.8 Å². The van der Waals surface area contributed by atoms with Crippen LogP contribution in [0.25, 0.3) is 0 Å². The van der Waals surface area contributed by atoms with Crippen molar-refractivity contribution in [2.24, 2.45) is 0 Å². The quantitative estimate of drug-likeness (QED) is 0.678. The van der Waals surface area contributed by atoms with Crippen molar-refractivity contribution in [3.05, 3.63) is 0 Å². The molecule has 0 saturated heterocycles. The highest BCUT2D eigenvalue weighted by Gasteiger charge is 2.13. The van der Waals surface area contributed by atoms with Gasteiger partial charge in [-0.15, -0.1) is 0 Å². The van der Waals surface area contributed by atoms with E-state index in [1.54, 1.807) is 4.90 Å². The molecule has 1 atom stereocenters. The van der Waals surface area contributed by atoms with Gasteiger partial charge in [0.25, 0.3) is 0 Å². The van der Waals surface area contributed by atoms with Crippen molar-refractivity contribution < 1.29 is 18.9 Å². The molecule has 6 heteroatoms. The van der Waals surface area contributed by atoms with E-state index >= 15 is 0 Å². The first-order valence-corrected chi connectivity index (χ1v) is 6.84. The van der Waals surface area contributed by atoms with Gasteiger partial charge >= 0.3 is 5.97 Å². The van der Waals surface area contributed by atoms with Crippen molar-refractivity contribution in [3.63, 3.8) is 0 Å². The first kappa shape index (κ1) is 15.1. The fourth-order valence-corrected chi connectivity index (χ4v) is 2.33. The standard InChI is InChI=1S/C10H19NO4S/c1-3-11(4-2)9(12)8-16(15)7-5-6-10(13)14/h3-8H2,1-2H3,(H,13,14). The van der Waals surface area contributed by atoms with E-state index in [0.29, 0.717) is 19.5 Å². The van der Waals surface area contributed by atoms with Crippen LogP contribution in [0.5, 0.6) is 0 Å². The number of carbonyl (C=O) groups is 2. The summed E-state index contributed by atoms with van der Waals surface area (Å²) in [5.74, 6) is -0.744. The first-order chi connectivity index (χ1) is 7.51. The highest BCUT2D eigenvalue weighted by atomic mass is 32.2. The Balaban J connectivity index is 3.86. The summed E-state index contributed by atoms with van der Waals surface area (Å²) in [5, 5.41) is 8.40. The van der Waals surface area contributed by atoms with Crippen molar-refractivity contribution in [2.45, 2.75) is 26.7 Å². The molecule has 0 aromatic rings. The Morgan fingerprint density at radius 1 is 1.25 bits per heavy atom. The second kappa shape index (κ2) is 8.27. The number of rotatable bonds is 8. The summed E-state index contributed by atoms with van der Waals surface area (Å²) in [6.45, 7) is 4.97. The molecule has 1 unspecified atom stereocenters. The number of nitrogens with zero attached hydrogens (tertiary/aromatic N) is 1. The zero-order valence-corrected chi connectivity index (χ0v) is 10.6. The predicted octanol–water partition coefficient (Wildman–Crippen LogP) is 0.468. The number of amides is 1. The normalized spacial score (nSPS) is 12.1. The lowest BCUT2D eigenvalue weighted by molar-refractivity contribution is -0.137. The highest BCUT2D eigenvalue weighted by Crippen LogP contribution is 1.97. The van der Waals surface area contributed by atoms with Crippen LogP contribution in [-0.2, 0) is 20.4 Å². The molecule has 0 spiro atoms. The molecule has 0 aromatic carbocycles. The molecular weight excluding hydrogens is 230 g/mol. The van der Waals surface area contributed by atoms with Crippen molar-refractivity contribution >= 4 is 22.7 Å². The van der Waals surface area contributed by atoms with E-state index in [1.807, 2.05) is 13.8 Å². The second-order valence-electron chi connectivity index (χ2n) is 3.35. The SMILES string of the molecule is CCN(CC)C(=O)CS(=O)CCCC(=O)O. The Hall–Kier alpha value is -0.910. The molecule has 0 aromatic heterocycles. The number of hydrogen-bond acceptors (Lipinski definition) is 3. The maximum Gasteiger partial charge on any atom is 0.303 e. The van der Waals surface area contributed by atoms with E-state index < -0.39 is 16.8 Å². The van der Waals surface area contributed by atoms with Crippen molar-refractivity contribution in [3.8, 4) is 0 Å². The fraction of sp³-hybridized carbons (Fsp3) is 0.800. The molecule has 0 radical (unpaired) electrons. The van der Waals surface area contributed by atoms with Gasteiger partial charge in [0.2, 0.25) is 5.91 Å². The summed E-state index contributed by atoms with van der Waals surface area (Å²) < 4.78 is 11.4. The molecule has 0 aliphatic heterocycles. The van der Waals surface area contributed by atoms with Gasteiger partial charge in [0.15, 0.2) is 0 Å². The second-order valence-corrected chi connectivity index (χ2v) is 4.93. The lowest BCUT2D eigenvalue weighted by Gasteiger charge is -2.17. The molecule has 16 heavy (non-hydrogen) atoms. The summed E-state index contributed by atoms with van der Waals surface area (Å²) in [7, 11) is -1.24. The van der Waals surface area contributed by atoms with Gasteiger partial charge in [-0.05, 0) is 20.3 Å². The van der Waals surface area contributed by atoms with Gasteiger partial charge in [-0.25, -0.2) is 0 Å². The van der Waals surface area contributed by atoms with E-state index in [0.717, 1.165) is 0 Å². The molecule has 1 N–H and O–H groups in total. The third-order valence-corrected chi connectivity index (χ3v) is 3.48. The molecule has 0 aliphatic rings. The highest BCUT2D eigenvalue weighted by molar-refractivity contribution is 7.85. The molecule has 0 bridgehead atoms. The average molecular weight is 249 g/mol. The van der Waals surface area contributed by atoms with Gasteiger partial charge in [-0.3, -0.25) is 13.8 Å². The lowest BCUT2D eigenvalue weighted by Crippen LogP contribution is -2.34. The minimum absolute atomic E-state index is 0.00129. The first-order valence-electron chi connectivity index (χ1n) is 5.35. The number of aliphatic carboxylic acids is 1. The maximum atomic E-state index is 11.5.